The number of thiophene rings is 1. The van der Waals surface area contributed by atoms with Crippen LogP contribution in [-0.4, -0.2) is 60.9 Å². The molecule has 0 bridgehead atoms. The van der Waals surface area contributed by atoms with Crippen LogP contribution >= 0.6 is 11.3 Å². The SMILES string of the molecule is [C-]#[N+]C1(c2ccc(-c3c(C(=O)N4CCN(S(C)(=O)=O)CC4)cnc4ccsc34)cc2)CC1. The summed E-state index contributed by atoms with van der Waals surface area (Å²) in [7, 11) is -3.26. The molecular weight excluding hydrogens is 444 g/mol. The molecule has 2 aromatic heterocycles. The number of sulfonamides is 1. The Labute approximate surface area is 191 Å². The van der Waals surface area contributed by atoms with Gasteiger partial charge in [-0.25, -0.2) is 15.0 Å². The Morgan fingerprint density at radius 3 is 2.41 bits per heavy atom. The molecule has 32 heavy (non-hydrogen) atoms. The van der Waals surface area contributed by atoms with E-state index >= 15 is 0 Å². The van der Waals surface area contributed by atoms with E-state index in [-0.39, 0.29) is 11.4 Å². The molecule has 1 aliphatic carbocycles. The Morgan fingerprint density at radius 1 is 1.12 bits per heavy atom. The van der Waals surface area contributed by atoms with Gasteiger partial charge in [0, 0.05) is 56.3 Å². The summed E-state index contributed by atoms with van der Waals surface area (Å²) < 4.78 is 26.0. The fourth-order valence-corrected chi connectivity index (χ4v) is 6.03. The maximum atomic E-state index is 13.5. The van der Waals surface area contributed by atoms with E-state index in [4.69, 9.17) is 6.57 Å². The van der Waals surface area contributed by atoms with Crippen molar-refractivity contribution in [1.82, 2.24) is 14.2 Å². The van der Waals surface area contributed by atoms with Crippen LogP contribution in [0.3, 0.4) is 0 Å². The van der Waals surface area contributed by atoms with Crippen LogP contribution in [0, 0.1) is 6.57 Å². The molecule has 5 rings (SSSR count). The molecular formula is C23H22N4O3S2. The lowest BCUT2D eigenvalue weighted by Crippen LogP contribution is -2.50. The van der Waals surface area contributed by atoms with Crippen LogP contribution in [0.2, 0.25) is 0 Å². The van der Waals surface area contributed by atoms with Gasteiger partial charge in [-0.1, -0.05) is 24.3 Å². The molecule has 1 saturated carbocycles. The zero-order valence-electron chi connectivity index (χ0n) is 17.6. The zero-order chi connectivity index (χ0) is 22.5. The quantitative estimate of drug-likeness (QED) is 0.551. The fraction of sp³-hybridized carbons (Fsp3) is 0.348. The van der Waals surface area contributed by atoms with Gasteiger partial charge in [0.15, 0.2) is 0 Å². The number of aromatic nitrogens is 1. The van der Waals surface area contributed by atoms with Crippen molar-refractivity contribution in [2.75, 3.05) is 32.4 Å². The van der Waals surface area contributed by atoms with E-state index in [0.717, 1.165) is 39.7 Å². The Bertz CT molecular complexity index is 1340. The summed E-state index contributed by atoms with van der Waals surface area (Å²) >= 11 is 1.55. The van der Waals surface area contributed by atoms with Crippen LogP contribution in [0.5, 0.6) is 0 Å². The van der Waals surface area contributed by atoms with Gasteiger partial charge in [-0.15, -0.1) is 11.3 Å². The topological polar surface area (TPSA) is 74.9 Å². The smallest absolute Gasteiger partial charge is 0.258 e. The molecule has 0 radical (unpaired) electrons. The maximum absolute atomic E-state index is 13.5. The van der Waals surface area contributed by atoms with Crippen molar-refractivity contribution in [1.29, 1.82) is 0 Å². The molecule has 0 atom stereocenters. The third-order valence-corrected chi connectivity index (χ3v) is 8.57. The van der Waals surface area contributed by atoms with Gasteiger partial charge in [-0.05, 0) is 17.0 Å². The van der Waals surface area contributed by atoms with Crippen LogP contribution in [0.25, 0.3) is 26.2 Å². The van der Waals surface area contributed by atoms with Crippen LogP contribution in [0.15, 0.2) is 41.9 Å². The number of carbonyl (C=O) groups excluding carboxylic acids is 1. The van der Waals surface area contributed by atoms with E-state index in [1.54, 1.807) is 22.4 Å². The van der Waals surface area contributed by atoms with Crippen molar-refractivity contribution in [3.05, 3.63) is 64.5 Å². The van der Waals surface area contributed by atoms with E-state index < -0.39 is 10.0 Å². The second-order valence-electron chi connectivity index (χ2n) is 8.36. The molecule has 0 spiro atoms. The second kappa shape index (κ2) is 7.66. The summed E-state index contributed by atoms with van der Waals surface area (Å²) in [6.45, 7) is 8.78. The highest BCUT2D eigenvalue weighted by Gasteiger charge is 2.52. The number of amides is 1. The third-order valence-electron chi connectivity index (χ3n) is 6.35. The van der Waals surface area contributed by atoms with Crippen LogP contribution in [0.1, 0.15) is 28.8 Å². The first-order valence-corrected chi connectivity index (χ1v) is 13.2. The lowest BCUT2D eigenvalue weighted by molar-refractivity contribution is 0.0699. The highest BCUT2D eigenvalue weighted by molar-refractivity contribution is 7.88. The summed E-state index contributed by atoms with van der Waals surface area (Å²) in [4.78, 5) is 23.5. The molecule has 1 amide bonds. The number of pyridine rings is 1. The summed E-state index contributed by atoms with van der Waals surface area (Å²) in [6.07, 6.45) is 4.61. The monoisotopic (exact) mass is 466 g/mol. The predicted octanol–water partition coefficient (Wildman–Crippen LogP) is 3.59. The van der Waals surface area contributed by atoms with E-state index in [1.165, 1.54) is 10.6 Å². The average molecular weight is 467 g/mol. The molecule has 0 unspecified atom stereocenters. The maximum Gasteiger partial charge on any atom is 0.258 e. The number of fused-ring (bicyclic) bond motifs is 1. The minimum atomic E-state index is -3.26. The first kappa shape index (κ1) is 21.1. The van der Waals surface area contributed by atoms with Gasteiger partial charge in [0.1, 0.15) is 0 Å². The number of rotatable bonds is 4. The predicted molar refractivity (Wildman–Crippen MR) is 125 cm³/mol. The minimum Gasteiger partial charge on any atom is -0.336 e. The van der Waals surface area contributed by atoms with Crippen molar-refractivity contribution in [2.24, 2.45) is 0 Å². The molecule has 164 valence electrons. The summed E-state index contributed by atoms with van der Waals surface area (Å²) in [5.74, 6) is -0.139. The Kier molecular flexibility index (Phi) is 5.04. The highest BCUT2D eigenvalue weighted by Crippen LogP contribution is 2.50. The molecule has 0 N–H and O–H groups in total. The van der Waals surface area contributed by atoms with Gasteiger partial charge >= 0.3 is 0 Å². The van der Waals surface area contributed by atoms with E-state index in [0.29, 0.717) is 31.7 Å². The Morgan fingerprint density at radius 2 is 1.81 bits per heavy atom. The van der Waals surface area contributed by atoms with Crippen molar-refractivity contribution in [2.45, 2.75) is 18.4 Å². The van der Waals surface area contributed by atoms with Gasteiger partial charge in [-0.2, -0.15) is 4.31 Å². The van der Waals surface area contributed by atoms with Crippen LogP contribution in [0.4, 0.5) is 0 Å². The van der Waals surface area contributed by atoms with Gasteiger partial charge < -0.3 is 9.74 Å². The fourth-order valence-electron chi connectivity index (χ4n) is 4.28. The first-order valence-electron chi connectivity index (χ1n) is 10.4. The van der Waals surface area contributed by atoms with Crippen molar-refractivity contribution in [3.63, 3.8) is 0 Å². The minimum absolute atomic E-state index is 0.139. The Balaban J connectivity index is 1.50. The summed E-state index contributed by atoms with van der Waals surface area (Å²) in [5, 5.41) is 1.97. The molecule has 1 aliphatic heterocycles. The summed E-state index contributed by atoms with van der Waals surface area (Å²) in [5.41, 5.74) is 3.78. The third kappa shape index (κ3) is 3.58. The van der Waals surface area contributed by atoms with E-state index in [9.17, 15) is 13.2 Å². The van der Waals surface area contributed by atoms with Gasteiger partial charge in [0.2, 0.25) is 10.0 Å². The molecule has 3 heterocycles. The Hall–Kier alpha value is -2.80. The van der Waals surface area contributed by atoms with E-state index in [1.807, 2.05) is 35.7 Å². The molecule has 7 nitrogen and oxygen atoms in total. The molecule has 1 saturated heterocycles. The van der Waals surface area contributed by atoms with Crippen LogP contribution in [-0.2, 0) is 15.6 Å². The van der Waals surface area contributed by atoms with Gasteiger partial charge in [0.25, 0.3) is 11.4 Å². The molecule has 2 fully saturated rings. The first-order chi connectivity index (χ1) is 15.3. The normalized spacial score (nSPS) is 18.4. The largest absolute Gasteiger partial charge is 0.336 e. The number of hydrogen-bond donors (Lipinski definition) is 0. The highest BCUT2D eigenvalue weighted by atomic mass is 32.2. The van der Waals surface area contributed by atoms with E-state index in [2.05, 4.69) is 9.83 Å². The molecule has 9 heteroatoms. The number of hydrogen-bond acceptors (Lipinski definition) is 5. The van der Waals surface area contributed by atoms with Crippen molar-refractivity contribution in [3.8, 4) is 11.1 Å². The number of piperazine rings is 1. The van der Waals surface area contributed by atoms with Gasteiger partial charge in [-0.3, -0.25) is 9.78 Å². The van der Waals surface area contributed by atoms with Crippen LogP contribution < -0.4 is 0 Å². The van der Waals surface area contributed by atoms with Crippen molar-refractivity contribution >= 4 is 37.5 Å². The van der Waals surface area contributed by atoms with Crippen molar-refractivity contribution < 1.29 is 13.2 Å². The number of nitrogens with zero attached hydrogens (tertiary/aromatic N) is 4. The molecule has 3 aromatic rings. The average Bonchev–Trinajstić information content (AvgIpc) is 3.46. The lowest BCUT2D eigenvalue weighted by Gasteiger charge is -2.33. The number of carbonyl (C=O) groups is 1. The second-order valence-corrected chi connectivity index (χ2v) is 11.3. The standard InChI is InChI=1S/C23H22N4O3S2/c1-24-23(8-9-23)17-5-3-16(4-6-17)20-18(15-25-19-7-14-31-21(19)20)22(28)26-10-12-27(13-11-26)32(2,29)30/h3-7,14-15H,8-13H2,2H3. The summed E-state index contributed by atoms with van der Waals surface area (Å²) in [6, 6.07) is 9.93. The molecule has 1 aromatic carbocycles. The van der Waals surface area contributed by atoms with Gasteiger partial charge in [0.05, 0.1) is 22.0 Å². The number of benzene rings is 1. The molecule has 2 aliphatic rings. The zero-order valence-corrected chi connectivity index (χ0v) is 19.2. The lowest BCUT2D eigenvalue weighted by atomic mass is 9.96.